The van der Waals surface area contributed by atoms with Gasteiger partial charge in [-0.15, -0.1) is 0 Å². The number of carbonyl (C=O) groups excluding carboxylic acids is 4. The van der Waals surface area contributed by atoms with E-state index in [4.69, 9.17) is 0 Å². The molecule has 0 aromatic heterocycles. The van der Waals surface area contributed by atoms with Gasteiger partial charge in [0.2, 0.25) is 17.7 Å². The molecular formula is C16H14N4O4. The molecular weight excluding hydrogens is 312 g/mol. The highest BCUT2D eigenvalue weighted by Gasteiger charge is 2.40. The molecule has 24 heavy (non-hydrogen) atoms. The number of anilines is 1. The van der Waals surface area contributed by atoms with E-state index in [-0.39, 0.29) is 42.3 Å². The van der Waals surface area contributed by atoms with Gasteiger partial charge in [-0.25, -0.2) is 0 Å². The van der Waals surface area contributed by atoms with E-state index in [0.717, 1.165) is 0 Å². The number of piperidine rings is 1. The maximum atomic E-state index is 12.7. The molecule has 2 aliphatic heterocycles. The molecule has 0 saturated carbocycles. The predicted octanol–water partition coefficient (Wildman–Crippen LogP) is 0.278. The summed E-state index contributed by atoms with van der Waals surface area (Å²) in [6, 6.07) is 4.28. The maximum absolute atomic E-state index is 12.7. The Bertz CT molecular complexity index is 824. The molecule has 2 heterocycles. The zero-order valence-corrected chi connectivity index (χ0v) is 12.9. The second-order valence-corrected chi connectivity index (χ2v) is 5.75. The van der Waals surface area contributed by atoms with E-state index in [1.807, 2.05) is 6.07 Å². The molecule has 0 bridgehead atoms. The molecule has 1 fully saturated rings. The largest absolute Gasteiger partial charge is 0.326 e. The third-order valence-electron chi connectivity index (χ3n) is 4.06. The van der Waals surface area contributed by atoms with Gasteiger partial charge in [0, 0.05) is 25.6 Å². The second-order valence-electron chi connectivity index (χ2n) is 5.75. The smallest absolute Gasteiger partial charge is 0.256 e. The Morgan fingerprint density at radius 3 is 2.75 bits per heavy atom. The normalized spacial score (nSPS) is 19.6. The summed E-state index contributed by atoms with van der Waals surface area (Å²) in [5.74, 6) is -1.56. The molecule has 0 radical (unpaired) electrons. The Morgan fingerprint density at radius 1 is 1.38 bits per heavy atom. The van der Waals surface area contributed by atoms with Crippen molar-refractivity contribution >= 4 is 29.3 Å². The lowest BCUT2D eigenvalue weighted by Gasteiger charge is -2.29. The lowest BCUT2D eigenvalue weighted by atomic mass is 10.0. The third kappa shape index (κ3) is 2.60. The summed E-state index contributed by atoms with van der Waals surface area (Å²) in [6.45, 7) is 1.50. The number of hydrogen-bond acceptors (Lipinski definition) is 5. The molecule has 2 aliphatic rings. The number of benzene rings is 1. The number of carbonyl (C=O) groups is 4. The van der Waals surface area contributed by atoms with Gasteiger partial charge in [-0.2, -0.15) is 5.26 Å². The summed E-state index contributed by atoms with van der Waals surface area (Å²) in [6.07, 6.45) is 0.420. The van der Waals surface area contributed by atoms with Crippen molar-refractivity contribution in [3.63, 3.8) is 0 Å². The number of nitrogens with one attached hydrogen (secondary N) is 2. The summed E-state index contributed by atoms with van der Waals surface area (Å²) < 4.78 is 0. The van der Waals surface area contributed by atoms with Crippen LogP contribution < -0.4 is 10.6 Å². The Hall–Kier alpha value is -3.21. The van der Waals surface area contributed by atoms with Gasteiger partial charge < -0.3 is 10.2 Å². The molecule has 4 amide bonds. The molecule has 1 saturated heterocycles. The van der Waals surface area contributed by atoms with Crippen molar-refractivity contribution in [2.45, 2.75) is 32.4 Å². The summed E-state index contributed by atoms with van der Waals surface area (Å²) in [7, 11) is 0. The number of nitrogens with zero attached hydrogens (tertiary/aromatic N) is 2. The minimum absolute atomic E-state index is 0.149. The molecule has 8 nitrogen and oxygen atoms in total. The van der Waals surface area contributed by atoms with Crippen molar-refractivity contribution in [2.24, 2.45) is 0 Å². The van der Waals surface area contributed by atoms with Crippen molar-refractivity contribution in [1.82, 2.24) is 10.2 Å². The van der Waals surface area contributed by atoms with E-state index < -0.39 is 17.9 Å². The molecule has 1 aromatic rings. The predicted molar refractivity (Wildman–Crippen MR) is 81.5 cm³/mol. The summed E-state index contributed by atoms with van der Waals surface area (Å²) in [5, 5.41) is 14.1. The van der Waals surface area contributed by atoms with E-state index in [9.17, 15) is 24.4 Å². The standard InChI is InChI=1S/C16H14N4O4/c1-8(21)18-11-4-9(6-17)14-10(5-11)7-20(16(14)24)12-2-3-13(22)19-15(12)23/h4-5,12H,2-3,7H2,1H3,(H,18,21)(H,19,22,23). The zero-order chi connectivity index (χ0) is 17.4. The lowest BCUT2D eigenvalue weighted by molar-refractivity contribution is -0.137. The summed E-state index contributed by atoms with van der Waals surface area (Å²) >= 11 is 0. The van der Waals surface area contributed by atoms with Crippen LogP contribution in [-0.4, -0.2) is 34.6 Å². The van der Waals surface area contributed by atoms with Crippen molar-refractivity contribution in [3.05, 3.63) is 28.8 Å². The Morgan fingerprint density at radius 2 is 2.12 bits per heavy atom. The quantitative estimate of drug-likeness (QED) is 0.756. The zero-order valence-electron chi connectivity index (χ0n) is 12.9. The molecule has 8 heteroatoms. The first-order chi connectivity index (χ1) is 11.4. The van der Waals surface area contributed by atoms with E-state index in [0.29, 0.717) is 11.3 Å². The van der Waals surface area contributed by atoms with Crippen LogP contribution in [0.25, 0.3) is 0 Å². The minimum atomic E-state index is -0.738. The van der Waals surface area contributed by atoms with Crippen LogP contribution in [0.2, 0.25) is 0 Å². The molecule has 1 aromatic carbocycles. The van der Waals surface area contributed by atoms with Gasteiger partial charge in [-0.3, -0.25) is 24.5 Å². The van der Waals surface area contributed by atoms with E-state index in [1.54, 1.807) is 6.07 Å². The monoisotopic (exact) mass is 326 g/mol. The van der Waals surface area contributed by atoms with Crippen molar-refractivity contribution in [1.29, 1.82) is 5.26 Å². The fourth-order valence-corrected chi connectivity index (χ4v) is 3.07. The topological polar surface area (TPSA) is 119 Å². The molecule has 0 aliphatic carbocycles. The highest BCUT2D eigenvalue weighted by molar-refractivity contribution is 6.06. The maximum Gasteiger partial charge on any atom is 0.256 e. The van der Waals surface area contributed by atoms with Crippen LogP contribution in [0.5, 0.6) is 0 Å². The molecule has 0 spiro atoms. The molecule has 3 rings (SSSR count). The van der Waals surface area contributed by atoms with Gasteiger partial charge >= 0.3 is 0 Å². The summed E-state index contributed by atoms with van der Waals surface area (Å²) in [4.78, 5) is 48.5. The number of amides is 4. The van der Waals surface area contributed by atoms with Gasteiger partial charge in [0.1, 0.15) is 12.1 Å². The van der Waals surface area contributed by atoms with Crippen LogP contribution in [0.4, 0.5) is 5.69 Å². The minimum Gasteiger partial charge on any atom is -0.326 e. The SMILES string of the molecule is CC(=O)Nc1cc(C#N)c2c(c1)CN(C1CCC(=O)NC1=O)C2=O. The third-order valence-corrected chi connectivity index (χ3v) is 4.06. The van der Waals surface area contributed by atoms with Crippen molar-refractivity contribution in [2.75, 3.05) is 5.32 Å². The van der Waals surface area contributed by atoms with E-state index in [2.05, 4.69) is 10.6 Å². The van der Waals surface area contributed by atoms with Gasteiger partial charge in [0.25, 0.3) is 5.91 Å². The van der Waals surface area contributed by atoms with Gasteiger partial charge in [0.15, 0.2) is 0 Å². The van der Waals surface area contributed by atoms with Gasteiger partial charge in [-0.05, 0) is 24.1 Å². The number of imide groups is 1. The first-order valence-electron chi connectivity index (χ1n) is 7.40. The van der Waals surface area contributed by atoms with Crippen LogP contribution in [0.15, 0.2) is 12.1 Å². The van der Waals surface area contributed by atoms with Crippen molar-refractivity contribution in [3.8, 4) is 6.07 Å². The molecule has 2 N–H and O–H groups in total. The number of nitriles is 1. The van der Waals surface area contributed by atoms with E-state index >= 15 is 0 Å². The van der Waals surface area contributed by atoms with Crippen LogP contribution in [0.1, 0.15) is 41.3 Å². The van der Waals surface area contributed by atoms with Crippen LogP contribution >= 0.6 is 0 Å². The first-order valence-corrected chi connectivity index (χ1v) is 7.40. The first kappa shape index (κ1) is 15.7. The van der Waals surface area contributed by atoms with Crippen molar-refractivity contribution < 1.29 is 19.2 Å². The second kappa shape index (κ2) is 5.77. The Kier molecular flexibility index (Phi) is 3.77. The molecule has 122 valence electrons. The number of hydrogen-bond donors (Lipinski definition) is 2. The highest BCUT2D eigenvalue weighted by Crippen LogP contribution is 2.32. The van der Waals surface area contributed by atoms with Gasteiger partial charge in [0.05, 0.1) is 11.1 Å². The lowest BCUT2D eigenvalue weighted by Crippen LogP contribution is -2.52. The molecule has 1 atom stereocenters. The fraction of sp³-hybridized carbons (Fsp3) is 0.312. The molecule has 1 unspecified atom stereocenters. The fourth-order valence-electron chi connectivity index (χ4n) is 3.07. The number of fused-ring (bicyclic) bond motifs is 1. The average molecular weight is 326 g/mol. The van der Waals surface area contributed by atoms with Gasteiger partial charge in [-0.1, -0.05) is 0 Å². The van der Waals surface area contributed by atoms with Crippen LogP contribution in [0, 0.1) is 11.3 Å². The highest BCUT2D eigenvalue weighted by atomic mass is 16.2. The number of rotatable bonds is 2. The average Bonchev–Trinajstić information content (AvgIpc) is 2.83. The van der Waals surface area contributed by atoms with Crippen LogP contribution in [-0.2, 0) is 20.9 Å². The summed E-state index contributed by atoms with van der Waals surface area (Å²) in [5.41, 5.74) is 1.40. The Balaban J connectivity index is 1.95. The Labute approximate surface area is 137 Å². The van der Waals surface area contributed by atoms with Crippen LogP contribution in [0.3, 0.4) is 0 Å². The van der Waals surface area contributed by atoms with E-state index in [1.165, 1.54) is 17.9 Å².